The zero-order chi connectivity index (χ0) is 18.1. The molecule has 3 aliphatic rings. The van der Waals surface area contributed by atoms with Gasteiger partial charge in [-0.2, -0.15) is 5.10 Å². The van der Waals surface area contributed by atoms with Crippen LogP contribution in [0.15, 0.2) is 23.3 Å². The summed E-state index contributed by atoms with van der Waals surface area (Å²) in [6, 6.07) is 5.03. The fraction of sp³-hybridized carbons (Fsp3) is 0.600. The van der Waals surface area contributed by atoms with Crippen molar-refractivity contribution < 1.29 is 9.53 Å². The van der Waals surface area contributed by atoms with Crippen LogP contribution in [0.4, 0.5) is 0 Å². The highest BCUT2D eigenvalue weighted by Crippen LogP contribution is 2.48. The molecule has 2 fully saturated rings. The molecule has 4 nitrogen and oxygen atoms in total. The second kappa shape index (κ2) is 7.40. The maximum atomic E-state index is 13.0. The molecule has 140 valence electrons. The number of amides is 1. The van der Waals surface area contributed by atoms with Gasteiger partial charge in [0.05, 0.1) is 10.6 Å². The van der Waals surface area contributed by atoms with Gasteiger partial charge in [-0.05, 0) is 50.3 Å². The van der Waals surface area contributed by atoms with Gasteiger partial charge in [-0.15, -0.1) is 0 Å². The Morgan fingerprint density at radius 3 is 2.77 bits per heavy atom. The SMILES string of the molecule is O=C(COc1ccc(Cl)cc1Cl)N1N=C2CCCC[C@@H]2C12CCCCC2. The van der Waals surface area contributed by atoms with Gasteiger partial charge in [0.1, 0.15) is 5.75 Å². The van der Waals surface area contributed by atoms with Crippen LogP contribution in [0.25, 0.3) is 0 Å². The van der Waals surface area contributed by atoms with Crippen LogP contribution in [0.2, 0.25) is 10.0 Å². The van der Waals surface area contributed by atoms with Crippen LogP contribution < -0.4 is 4.74 Å². The van der Waals surface area contributed by atoms with Gasteiger partial charge in [0.25, 0.3) is 5.91 Å². The molecule has 2 saturated carbocycles. The molecule has 0 unspecified atom stereocenters. The first kappa shape index (κ1) is 18.1. The van der Waals surface area contributed by atoms with E-state index in [-0.39, 0.29) is 18.1 Å². The lowest BCUT2D eigenvalue weighted by Gasteiger charge is -2.44. The molecule has 0 saturated heterocycles. The van der Waals surface area contributed by atoms with Crippen molar-refractivity contribution in [2.45, 2.75) is 63.3 Å². The lowest BCUT2D eigenvalue weighted by Crippen LogP contribution is -2.53. The van der Waals surface area contributed by atoms with Gasteiger partial charge in [-0.3, -0.25) is 4.79 Å². The third-order valence-electron chi connectivity index (χ3n) is 6.08. The summed E-state index contributed by atoms with van der Waals surface area (Å²) in [4.78, 5) is 13.0. The summed E-state index contributed by atoms with van der Waals surface area (Å²) in [6.07, 6.45) is 10.3. The maximum absolute atomic E-state index is 13.0. The summed E-state index contributed by atoms with van der Waals surface area (Å²) in [5, 5.41) is 7.56. The number of nitrogens with zero attached hydrogens (tertiary/aromatic N) is 2. The fourth-order valence-corrected chi connectivity index (χ4v) is 5.35. The van der Waals surface area contributed by atoms with Gasteiger partial charge in [0, 0.05) is 16.7 Å². The van der Waals surface area contributed by atoms with Crippen molar-refractivity contribution in [1.29, 1.82) is 0 Å². The van der Waals surface area contributed by atoms with E-state index < -0.39 is 0 Å². The van der Waals surface area contributed by atoms with Crippen molar-refractivity contribution >= 4 is 34.8 Å². The minimum Gasteiger partial charge on any atom is -0.482 e. The quantitative estimate of drug-likeness (QED) is 0.682. The maximum Gasteiger partial charge on any atom is 0.281 e. The Labute approximate surface area is 164 Å². The van der Waals surface area contributed by atoms with Gasteiger partial charge in [-0.25, -0.2) is 5.01 Å². The van der Waals surface area contributed by atoms with Crippen LogP contribution >= 0.6 is 23.2 Å². The zero-order valence-electron chi connectivity index (χ0n) is 14.8. The predicted octanol–water partition coefficient (Wildman–Crippen LogP) is 5.46. The Balaban J connectivity index is 1.52. The summed E-state index contributed by atoms with van der Waals surface area (Å²) >= 11 is 12.1. The second-order valence-corrected chi connectivity index (χ2v) is 8.47. The minimum atomic E-state index is -0.113. The molecule has 1 aromatic carbocycles. The molecular formula is C20H24Cl2N2O2. The van der Waals surface area contributed by atoms with Crippen LogP contribution in [0.1, 0.15) is 57.8 Å². The molecule has 1 heterocycles. The third kappa shape index (κ3) is 3.22. The first-order valence-electron chi connectivity index (χ1n) is 9.58. The Morgan fingerprint density at radius 2 is 2.00 bits per heavy atom. The van der Waals surface area contributed by atoms with Crippen molar-refractivity contribution in [2.75, 3.05) is 6.61 Å². The number of carbonyl (C=O) groups excluding carboxylic acids is 1. The van der Waals surface area contributed by atoms with Gasteiger partial charge in [-0.1, -0.05) is 48.9 Å². The van der Waals surface area contributed by atoms with E-state index in [9.17, 15) is 4.79 Å². The average Bonchev–Trinajstić information content (AvgIpc) is 2.96. The van der Waals surface area contributed by atoms with Crippen molar-refractivity contribution in [3.05, 3.63) is 28.2 Å². The van der Waals surface area contributed by atoms with Gasteiger partial charge in [0.15, 0.2) is 6.61 Å². The number of hydrazone groups is 1. The van der Waals surface area contributed by atoms with Gasteiger partial charge < -0.3 is 4.74 Å². The van der Waals surface area contributed by atoms with E-state index in [1.807, 2.05) is 0 Å². The van der Waals surface area contributed by atoms with E-state index in [2.05, 4.69) is 0 Å². The van der Waals surface area contributed by atoms with Crippen LogP contribution in [-0.2, 0) is 4.79 Å². The number of rotatable bonds is 3. The van der Waals surface area contributed by atoms with Crippen LogP contribution in [0.3, 0.4) is 0 Å². The molecule has 0 radical (unpaired) electrons. The predicted molar refractivity (Wildman–Crippen MR) is 104 cm³/mol. The Bertz CT molecular complexity index is 729. The third-order valence-corrected chi connectivity index (χ3v) is 6.61. The molecule has 26 heavy (non-hydrogen) atoms. The van der Waals surface area contributed by atoms with Crippen molar-refractivity contribution in [2.24, 2.45) is 11.0 Å². The summed E-state index contributed by atoms with van der Waals surface area (Å²) < 4.78 is 5.70. The van der Waals surface area contributed by atoms with Crippen molar-refractivity contribution in [1.82, 2.24) is 5.01 Å². The molecule has 1 spiro atoms. The molecule has 0 bridgehead atoms. The molecule has 0 aromatic heterocycles. The highest BCUT2D eigenvalue weighted by atomic mass is 35.5. The molecule has 2 aliphatic carbocycles. The smallest absolute Gasteiger partial charge is 0.281 e. The number of carbonyl (C=O) groups is 1. The number of fused-ring (bicyclic) bond motifs is 2. The fourth-order valence-electron chi connectivity index (χ4n) is 4.89. The Morgan fingerprint density at radius 1 is 1.19 bits per heavy atom. The van der Waals surface area contributed by atoms with E-state index in [1.54, 1.807) is 23.2 Å². The molecule has 1 aliphatic heterocycles. The summed E-state index contributed by atoms with van der Waals surface area (Å²) in [5.74, 6) is 0.853. The number of ether oxygens (including phenoxy) is 1. The summed E-state index contributed by atoms with van der Waals surface area (Å²) in [6.45, 7) is -0.0490. The molecule has 4 rings (SSSR count). The Kier molecular flexibility index (Phi) is 5.15. The molecule has 1 amide bonds. The lowest BCUT2D eigenvalue weighted by molar-refractivity contribution is -0.141. The van der Waals surface area contributed by atoms with Gasteiger partial charge in [0.2, 0.25) is 0 Å². The number of hydrogen-bond acceptors (Lipinski definition) is 3. The largest absolute Gasteiger partial charge is 0.482 e. The van der Waals surface area contributed by atoms with Gasteiger partial charge >= 0.3 is 0 Å². The summed E-state index contributed by atoms with van der Waals surface area (Å²) in [7, 11) is 0. The second-order valence-electron chi connectivity index (χ2n) is 7.62. The number of hydrogen-bond donors (Lipinski definition) is 0. The van der Waals surface area contributed by atoms with E-state index in [4.69, 9.17) is 33.0 Å². The minimum absolute atomic E-state index is 0.0490. The van der Waals surface area contributed by atoms with Crippen LogP contribution in [0, 0.1) is 5.92 Å². The van der Waals surface area contributed by atoms with Crippen LogP contribution in [0.5, 0.6) is 5.75 Å². The van der Waals surface area contributed by atoms with E-state index in [1.165, 1.54) is 37.8 Å². The average molecular weight is 395 g/mol. The monoisotopic (exact) mass is 394 g/mol. The highest BCUT2D eigenvalue weighted by molar-refractivity contribution is 6.35. The molecular weight excluding hydrogens is 371 g/mol. The topological polar surface area (TPSA) is 41.9 Å². The Hall–Kier alpha value is -1.26. The normalized spacial score (nSPS) is 24.3. The van der Waals surface area contributed by atoms with Crippen molar-refractivity contribution in [3.63, 3.8) is 0 Å². The van der Waals surface area contributed by atoms with E-state index in [0.29, 0.717) is 21.7 Å². The molecule has 6 heteroatoms. The highest BCUT2D eigenvalue weighted by Gasteiger charge is 2.53. The number of benzene rings is 1. The molecule has 0 N–H and O–H groups in total. The molecule has 1 aromatic rings. The lowest BCUT2D eigenvalue weighted by atomic mass is 9.67. The standard InChI is InChI=1S/C20H24Cl2N2O2/c21-14-8-9-18(16(22)12-14)26-13-19(25)24-20(10-4-1-5-11-20)15-6-2-3-7-17(15)23-24/h8-9,12,15H,1-7,10-11,13H2/t15-/m0/s1. The molecule has 1 atom stereocenters. The van der Waals surface area contributed by atoms with E-state index >= 15 is 0 Å². The van der Waals surface area contributed by atoms with Crippen molar-refractivity contribution in [3.8, 4) is 5.75 Å². The zero-order valence-corrected chi connectivity index (χ0v) is 16.4. The first-order valence-corrected chi connectivity index (χ1v) is 10.3. The first-order chi connectivity index (χ1) is 12.6. The summed E-state index contributed by atoms with van der Waals surface area (Å²) in [5.41, 5.74) is 1.12. The van der Waals surface area contributed by atoms with E-state index in [0.717, 1.165) is 25.7 Å². The number of halogens is 2. The van der Waals surface area contributed by atoms with Crippen LogP contribution in [-0.4, -0.2) is 28.8 Å².